The Morgan fingerprint density at radius 1 is 1.56 bits per heavy atom. The number of carbonyl (C=O) groups is 1. The SMILES string of the molecule is CCS(=O)CCNC(=O)c1cc(S(=O)(=O)Cl)c[nH]1. The molecule has 0 fully saturated rings. The average molecular weight is 313 g/mol. The lowest BCUT2D eigenvalue weighted by atomic mass is 10.4. The Morgan fingerprint density at radius 3 is 2.72 bits per heavy atom. The van der Waals surface area contributed by atoms with Gasteiger partial charge in [0, 0.05) is 45.7 Å². The minimum absolute atomic E-state index is 0.0940. The molecule has 9 heteroatoms. The van der Waals surface area contributed by atoms with Crippen molar-refractivity contribution < 1.29 is 17.4 Å². The number of H-pyrrole nitrogens is 1. The second kappa shape index (κ2) is 6.35. The van der Waals surface area contributed by atoms with E-state index in [2.05, 4.69) is 10.3 Å². The van der Waals surface area contributed by atoms with Crippen LogP contribution in [-0.4, -0.2) is 41.6 Å². The Labute approximate surface area is 112 Å². The lowest BCUT2D eigenvalue weighted by Gasteiger charge is -2.02. The van der Waals surface area contributed by atoms with Crippen LogP contribution in [-0.2, 0) is 19.9 Å². The monoisotopic (exact) mass is 312 g/mol. The lowest BCUT2D eigenvalue weighted by Crippen LogP contribution is -2.28. The molecule has 0 saturated carbocycles. The number of aromatic amines is 1. The number of aromatic nitrogens is 1. The molecule has 1 unspecified atom stereocenters. The van der Waals surface area contributed by atoms with E-state index in [0.29, 0.717) is 11.5 Å². The zero-order valence-electron chi connectivity index (χ0n) is 9.60. The molecular weight excluding hydrogens is 300 g/mol. The summed E-state index contributed by atoms with van der Waals surface area (Å²) in [5, 5.41) is 2.53. The third-order valence-electron chi connectivity index (χ3n) is 2.12. The molecule has 0 aliphatic carbocycles. The number of rotatable bonds is 6. The lowest BCUT2D eigenvalue weighted by molar-refractivity contribution is 0.0951. The maximum absolute atomic E-state index is 11.6. The fraction of sp³-hybridized carbons (Fsp3) is 0.444. The summed E-state index contributed by atoms with van der Waals surface area (Å²) in [6, 6.07) is 1.15. The zero-order valence-corrected chi connectivity index (χ0v) is 12.0. The molecule has 0 spiro atoms. The van der Waals surface area contributed by atoms with Crippen molar-refractivity contribution in [3.05, 3.63) is 18.0 Å². The Bertz CT molecular complexity index is 553. The van der Waals surface area contributed by atoms with Crippen molar-refractivity contribution in [3.8, 4) is 0 Å². The fourth-order valence-corrected chi connectivity index (χ4v) is 2.51. The minimum atomic E-state index is -3.84. The van der Waals surface area contributed by atoms with Crippen LogP contribution in [0, 0.1) is 0 Å². The minimum Gasteiger partial charge on any atom is -0.356 e. The van der Waals surface area contributed by atoms with Gasteiger partial charge in [-0.15, -0.1) is 0 Å². The van der Waals surface area contributed by atoms with Gasteiger partial charge in [0.25, 0.3) is 15.0 Å². The van der Waals surface area contributed by atoms with Gasteiger partial charge in [-0.2, -0.15) is 0 Å². The standard InChI is InChI=1S/C9H13ClN2O4S2/c1-2-17(14)4-3-11-9(13)8-5-7(6-12-8)18(10,15)16/h5-6,12H,2-4H2,1H3,(H,11,13). The summed E-state index contributed by atoms with van der Waals surface area (Å²) in [5.74, 6) is 0.436. The van der Waals surface area contributed by atoms with E-state index >= 15 is 0 Å². The van der Waals surface area contributed by atoms with E-state index < -0.39 is 25.8 Å². The van der Waals surface area contributed by atoms with Gasteiger partial charge in [-0.3, -0.25) is 9.00 Å². The molecule has 2 N–H and O–H groups in total. The Hall–Kier alpha value is -0.860. The van der Waals surface area contributed by atoms with E-state index in [9.17, 15) is 17.4 Å². The van der Waals surface area contributed by atoms with Crippen LogP contribution in [0.15, 0.2) is 17.2 Å². The molecule has 1 rings (SSSR count). The Morgan fingerprint density at radius 2 is 2.22 bits per heavy atom. The summed E-state index contributed by atoms with van der Waals surface area (Å²) >= 11 is 0. The molecule has 1 aromatic heterocycles. The van der Waals surface area contributed by atoms with Crippen LogP contribution in [0.3, 0.4) is 0 Å². The Kier molecular flexibility index (Phi) is 5.36. The van der Waals surface area contributed by atoms with E-state index in [-0.39, 0.29) is 17.1 Å². The molecule has 0 saturated heterocycles. The highest BCUT2D eigenvalue weighted by Crippen LogP contribution is 2.15. The van der Waals surface area contributed by atoms with Gasteiger partial charge in [0.1, 0.15) is 10.6 Å². The van der Waals surface area contributed by atoms with Gasteiger partial charge in [-0.1, -0.05) is 6.92 Å². The van der Waals surface area contributed by atoms with Gasteiger partial charge in [-0.05, 0) is 6.07 Å². The topological polar surface area (TPSA) is 96.1 Å². The molecule has 0 radical (unpaired) electrons. The number of halogens is 1. The number of hydrogen-bond donors (Lipinski definition) is 2. The van der Waals surface area contributed by atoms with Crippen LogP contribution in [0.1, 0.15) is 17.4 Å². The van der Waals surface area contributed by atoms with Crippen LogP contribution < -0.4 is 5.32 Å². The molecule has 18 heavy (non-hydrogen) atoms. The molecule has 1 heterocycles. The van der Waals surface area contributed by atoms with Crippen LogP contribution in [0.5, 0.6) is 0 Å². The predicted molar refractivity (Wildman–Crippen MR) is 69.7 cm³/mol. The molecule has 0 aromatic carbocycles. The summed E-state index contributed by atoms with van der Waals surface area (Å²) in [4.78, 5) is 13.9. The second-order valence-corrected chi connectivity index (χ2v) is 7.81. The second-order valence-electron chi connectivity index (χ2n) is 3.38. The van der Waals surface area contributed by atoms with Crippen LogP contribution >= 0.6 is 10.7 Å². The van der Waals surface area contributed by atoms with Crippen LogP contribution in [0.2, 0.25) is 0 Å². The quantitative estimate of drug-likeness (QED) is 0.745. The third-order valence-corrected chi connectivity index (χ3v) is 4.76. The maximum Gasteiger partial charge on any atom is 0.267 e. The van der Waals surface area contributed by atoms with E-state index in [1.54, 1.807) is 6.92 Å². The first-order valence-corrected chi connectivity index (χ1v) is 8.90. The number of nitrogens with one attached hydrogen (secondary N) is 2. The predicted octanol–water partition coefficient (Wildman–Crippen LogP) is 0.441. The van der Waals surface area contributed by atoms with Crippen LogP contribution in [0.25, 0.3) is 0 Å². The third kappa shape index (κ3) is 4.43. The largest absolute Gasteiger partial charge is 0.356 e. The summed E-state index contributed by atoms with van der Waals surface area (Å²) in [6.45, 7) is 2.06. The first-order chi connectivity index (χ1) is 8.34. The molecule has 1 aromatic rings. The van der Waals surface area contributed by atoms with Gasteiger partial charge in [-0.25, -0.2) is 8.42 Å². The van der Waals surface area contributed by atoms with Crippen molar-refractivity contribution in [1.29, 1.82) is 0 Å². The Balaban J connectivity index is 2.58. The summed E-state index contributed by atoms with van der Waals surface area (Å²) < 4.78 is 33.1. The molecular formula is C9H13ClN2O4S2. The molecule has 0 bridgehead atoms. The molecule has 0 aliphatic heterocycles. The van der Waals surface area contributed by atoms with E-state index in [0.717, 1.165) is 12.3 Å². The summed E-state index contributed by atoms with van der Waals surface area (Å²) in [6.07, 6.45) is 1.14. The highest BCUT2D eigenvalue weighted by atomic mass is 35.7. The zero-order chi connectivity index (χ0) is 13.8. The number of hydrogen-bond acceptors (Lipinski definition) is 4. The van der Waals surface area contributed by atoms with Crippen molar-refractivity contribution in [2.75, 3.05) is 18.1 Å². The molecule has 1 amide bonds. The van der Waals surface area contributed by atoms with Gasteiger partial charge in [0.15, 0.2) is 0 Å². The van der Waals surface area contributed by atoms with Crippen LogP contribution in [0.4, 0.5) is 0 Å². The van der Waals surface area contributed by atoms with E-state index in [1.807, 2.05) is 0 Å². The molecule has 0 aliphatic rings. The van der Waals surface area contributed by atoms with Crippen molar-refractivity contribution in [2.45, 2.75) is 11.8 Å². The first kappa shape index (κ1) is 15.2. The van der Waals surface area contributed by atoms with Crippen molar-refractivity contribution in [2.24, 2.45) is 0 Å². The van der Waals surface area contributed by atoms with Gasteiger partial charge < -0.3 is 10.3 Å². The average Bonchev–Trinajstić information content (AvgIpc) is 2.77. The molecule has 102 valence electrons. The van der Waals surface area contributed by atoms with Gasteiger partial charge in [0.2, 0.25) is 0 Å². The summed E-state index contributed by atoms with van der Waals surface area (Å²) in [5.41, 5.74) is 0.0940. The number of amides is 1. The molecule has 6 nitrogen and oxygen atoms in total. The van der Waals surface area contributed by atoms with Crippen molar-refractivity contribution >= 4 is 36.4 Å². The van der Waals surface area contributed by atoms with Crippen molar-refractivity contribution in [1.82, 2.24) is 10.3 Å². The van der Waals surface area contributed by atoms with Gasteiger partial charge in [0.05, 0.1) is 0 Å². The summed E-state index contributed by atoms with van der Waals surface area (Å²) in [7, 11) is 0.330. The van der Waals surface area contributed by atoms with E-state index in [4.69, 9.17) is 10.7 Å². The molecule has 1 atom stereocenters. The highest BCUT2D eigenvalue weighted by Gasteiger charge is 2.15. The fourth-order valence-electron chi connectivity index (χ4n) is 1.16. The first-order valence-electron chi connectivity index (χ1n) is 5.11. The van der Waals surface area contributed by atoms with Crippen molar-refractivity contribution in [3.63, 3.8) is 0 Å². The normalized spacial score (nSPS) is 13.2. The highest BCUT2D eigenvalue weighted by molar-refractivity contribution is 8.13. The number of carbonyl (C=O) groups excluding carboxylic acids is 1. The van der Waals surface area contributed by atoms with Gasteiger partial charge >= 0.3 is 0 Å². The van der Waals surface area contributed by atoms with E-state index in [1.165, 1.54) is 0 Å². The maximum atomic E-state index is 11.6. The smallest absolute Gasteiger partial charge is 0.267 e.